The van der Waals surface area contributed by atoms with Gasteiger partial charge in [0.1, 0.15) is 10.7 Å². The first kappa shape index (κ1) is 17.6. The van der Waals surface area contributed by atoms with Crippen molar-refractivity contribution in [1.82, 2.24) is 9.97 Å². The Bertz CT molecular complexity index is 1370. The number of thiophene rings is 1. The number of aromatic amines is 1. The molecule has 0 aliphatic carbocycles. The molecule has 3 nitrogen and oxygen atoms in total. The zero-order valence-electron chi connectivity index (χ0n) is 15.8. The van der Waals surface area contributed by atoms with Crippen LogP contribution in [0, 0.1) is 6.92 Å². The van der Waals surface area contributed by atoms with E-state index in [9.17, 15) is 4.79 Å². The number of H-pyrrole nitrogens is 1. The highest BCUT2D eigenvalue weighted by molar-refractivity contribution is 7.17. The molecule has 0 bridgehead atoms. The van der Waals surface area contributed by atoms with Gasteiger partial charge in [0.2, 0.25) is 0 Å². The summed E-state index contributed by atoms with van der Waals surface area (Å²) in [5, 5.41) is 2.67. The van der Waals surface area contributed by atoms with Crippen molar-refractivity contribution in [3.05, 3.63) is 100 Å². The number of aromatic nitrogens is 2. The van der Waals surface area contributed by atoms with E-state index in [4.69, 9.17) is 4.98 Å². The molecular weight excluding hydrogens is 376 g/mol. The van der Waals surface area contributed by atoms with Crippen molar-refractivity contribution in [3.63, 3.8) is 0 Å². The molecule has 0 fully saturated rings. The first-order chi connectivity index (χ1) is 14.2. The Kier molecular flexibility index (Phi) is 4.34. The summed E-state index contributed by atoms with van der Waals surface area (Å²) < 4.78 is 0. The first-order valence-electron chi connectivity index (χ1n) is 9.44. The van der Waals surface area contributed by atoms with E-state index in [-0.39, 0.29) is 5.56 Å². The van der Waals surface area contributed by atoms with Gasteiger partial charge in [-0.15, -0.1) is 11.3 Å². The molecule has 4 heteroatoms. The number of aryl methyl sites for hydroxylation is 1. The summed E-state index contributed by atoms with van der Waals surface area (Å²) in [6, 6.07) is 26.5. The van der Waals surface area contributed by atoms with E-state index < -0.39 is 0 Å². The molecule has 29 heavy (non-hydrogen) atoms. The van der Waals surface area contributed by atoms with Gasteiger partial charge in [0, 0.05) is 16.5 Å². The standard InChI is InChI=1S/C25H18N2OS/c1-16-7-5-6-10-20(16)23-26-24(28)22-21(15-29-25(22)27-23)19-13-11-18(12-14-19)17-8-3-2-4-9-17/h2-15H,1H3,(H,26,27,28). The fraction of sp³-hybridized carbons (Fsp3) is 0.0400. The summed E-state index contributed by atoms with van der Waals surface area (Å²) in [6.07, 6.45) is 0. The molecule has 0 spiro atoms. The van der Waals surface area contributed by atoms with Crippen molar-refractivity contribution < 1.29 is 0 Å². The fourth-order valence-electron chi connectivity index (χ4n) is 3.60. The second kappa shape index (κ2) is 7.15. The zero-order valence-corrected chi connectivity index (χ0v) is 16.7. The summed E-state index contributed by atoms with van der Waals surface area (Å²) in [5.74, 6) is 0.619. The molecule has 0 aliphatic rings. The predicted octanol–water partition coefficient (Wildman–Crippen LogP) is 6.29. The molecule has 0 saturated heterocycles. The molecule has 2 heterocycles. The van der Waals surface area contributed by atoms with Crippen LogP contribution in [-0.4, -0.2) is 9.97 Å². The van der Waals surface area contributed by atoms with Crippen molar-refractivity contribution in [2.75, 3.05) is 0 Å². The molecular formula is C25H18N2OS. The van der Waals surface area contributed by atoms with Crippen molar-refractivity contribution in [2.45, 2.75) is 6.92 Å². The predicted molar refractivity (Wildman–Crippen MR) is 121 cm³/mol. The van der Waals surface area contributed by atoms with Gasteiger partial charge >= 0.3 is 0 Å². The van der Waals surface area contributed by atoms with Gasteiger partial charge in [0.25, 0.3) is 5.56 Å². The minimum absolute atomic E-state index is 0.100. The van der Waals surface area contributed by atoms with Gasteiger partial charge in [-0.1, -0.05) is 78.9 Å². The van der Waals surface area contributed by atoms with Crippen LogP contribution in [0.4, 0.5) is 0 Å². The summed E-state index contributed by atoms with van der Waals surface area (Å²) in [7, 11) is 0. The zero-order chi connectivity index (χ0) is 19.8. The Morgan fingerprint density at radius 2 is 1.41 bits per heavy atom. The Morgan fingerprint density at radius 1 is 0.759 bits per heavy atom. The number of fused-ring (bicyclic) bond motifs is 1. The minimum Gasteiger partial charge on any atom is -0.306 e. The molecule has 5 aromatic rings. The molecule has 0 saturated carbocycles. The summed E-state index contributed by atoms with van der Waals surface area (Å²) in [4.78, 5) is 21.4. The van der Waals surface area contributed by atoms with Crippen molar-refractivity contribution >= 4 is 21.6 Å². The highest BCUT2D eigenvalue weighted by Gasteiger charge is 2.14. The topological polar surface area (TPSA) is 45.8 Å². The average molecular weight is 394 g/mol. The SMILES string of the molecule is Cc1ccccc1-c1nc2scc(-c3ccc(-c4ccccc4)cc3)c2c(=O)[nH]1. The summed E-state index contributed by atoms with van der Waals surface area (Å²) in [6.45, 7) is 2.02. The first-order valence-corrected chi connectivity index (χ1v) is 10.3. The van der Waals surface area contributed by atoms with Crippen LogP contribution in [0.3, 0.4) is 0 Å². The number of hydrogen-bond acceptors (Lipinski definition) is 3. The molecule has 0 atom stereocenters. The molecule has 140 valence electrons. The second-order valence-electron chi connectivity index (χ2n) is 7.00. The molecule has 0 amide bonds. The molecule has 0 unspecified atom stereocenters. The number of nitrogens with zero attached hydrogens (tertiary/aromatic N) is 1. The quantitative estimate of drug-likeness (QED) is 0.391. The lowest BCUT2D eigenvalue weighted by molar-refractivity contribution is 1.18. The van der Waals surface area contributed by atoms with Gasteiger partial charge in [-0.2, -0.15) is 0 Å². The van der Waals surface area contributed by atoms with E-state index in [1.807, 2.05) is 54.8 Å². The molecule has 2 aromatic heterocycles. The maximum absolute atomic E-state index is 12.9. The average Bonchev–Trinajstić information content (AvgIpc) is 3.19. The molecule has 0 radical (unpaired) electrons. The molecule has 1 N–H and O–H groups in total. The van der Waals surface area contributed by atoms with E-state index in [0.29, 0.717) is 11.2 Å². The molecule has 0 aliphatic heterocycles. The third kappa shape index (κ3) is 3.18. The number of hydrogen-bond donors (Lipinski definition) is 1. The number of nitrogens with one attached hydrogen (secondary N) is 1. The van der Waals surface area contributed by atoms with E-state index in [2.05, 4.69) is 41.4 Å². The van der Waals surface area contributed by atoms with Crippen molar-refractivity contribution in [2.24, 2.45) is 0 Å². The van der Waals surface area contributed by atoms with Gasteiger partial charge in [0.15, 0.2) is 0 Å². The summed E-state index contributed by atoms with van der Waals surface area (Å²) >= 11 is 1.51. The number of rotatable bonds is 3. The largest absolute Gasteiger partial charge is 0.306 e. The van der Waals surface area contributed by atoms with Crippen LogP contribution in [0.5, 0.6) is 0 Å². The molecule has 5 rings (SSSR count). The van der Waals surface area contributed by atoms with Crippen LogP contribution < -0.4 is 5.56 Å². The van der Waals surface area contributed by atoms with Crippen LogP contribution in [0.25, 0.3) is 43.9 Å². The van der Waals surface area contributed by atoms with Crippen LogP contribution >= 0.6 is 11.3 Å². The highest BCUT2D eigenvalue weighted by atomic mass is 32.1. The van der Waals surface area contributed by atoms with E-state index in [1.165, 1.54) is 16.9 Å². The smallest absolute Gasteiger partial charge is 0.260 e. The highest BCUT2D eigenvalue weighted by Crippen LogP contribution is 2.33. The van der Waals surface area contributed by atoms with Crippen LogP contribution in [0.1, 0.15) is 5.56 Å². The second-order valence-corrected chi connectivity index (χ2v) is 7.86. The van der Waals surface area contributed by atoms with E-state index >= 15 is 0 Å². The van der Waals surface area contributed by atoms with Gasteiger partial charge in [-0.25, -0.2) is 4.98 Å². The Hall–Kier alpha value is -3.50. The van der Waals surface area contributed by atoms with Gasteiger partial charge < -0.3 is 4.98 Å². The van der Waals surface area contributed by atoms with Crippen molar-refractivity contribution in [1.29, 1.82) is 0 Å². The minimum atomic E-state index is -0.100. The lowest BCUT2D eigenvalue weighted by Gasteiger charge is -2.06. The van der Waals surface area contributed by atoms with Gasteiger partial charge in [-0.05, 0) is 29.2 Å². The van der Waals surface area contributed by atoms with Crippen LogP contribution in [-0.2, 0) is 0 Å². The van der Waals surface area contributed by atoms with Gasteiger partial charge in [-0.3, -0.25) is 4.79 Å². The van der Waals surface area contributed by atoms with Crippen molar-refractivity contribution in [3.8, 4) is 33.6 Å². The fourth-order valence-corrected chi connectivity index (χ4v) is 4.55. The normalized spacial score (nSPS) is 11.1. The van der Waals surface area contributed by atoms with E-state index in [0.717, 1.165) is 32.6 Å². The Morgan fingerprint density at radius 3 is 2.17 bits per heavy atom. The summed E-state index contributed by atoms with van der Waals surface area (Å²) in [5.41, 5.74) is 6.22. The Labute approximate surface area is 172 Å². The number of benzene rings is 3. The lowest BCUT2D eigenvalue weighted by Crippen LogP contribution is -2.09. The molecule has 3 aromatic carbocycles. The van der Waals surface area contributed by atoms with Crippen LogP contribution in [0.15, 0.2) is 89.0 Å². The van der Waals surface area contributed by atoms with E-state index in [1.54, 1.807) is 0 Å². The monoisotopic (exact) mass is 394 g/mol. The Balaban J connectivity index is 1.58. The van der Waals surface area contributed by atoms with Gasteiger partial charge in [0.05, 0.1) is 5.39 Å². The van der Waals surface area contributed by atoms with Crippen LogP contribution in [0.2, 0.25) is 0 Å². The lowest BCUT2D eigenvalue weighted by atomic mass is 10.0. The third-order valence-corrected chi connectivity index (χ3v) is 6.02. The maximum Gasteiger partial charge on any atom is 0.260 e. The maximum atomic E-state index is 12.9. The third-order valence-electron chi connectivity index (χ3n) is 5.15.